The molecule has 2 aromatic heterocycles. The van der Waals surface area contributed by atoms with Crippen molar-refractivity contribution >= 4 is 35.0 Å². The fraction of sp³-hybridized carbons (Fsp3) is 0.300. The number of carbonyl (C=O) groups is 2. The van der Waals surface area contributed by atoms with Gasteiger partial charge in [0.1, 0.15) is 12.3 Å². The maximum absolute atomic E-state index is 13.2. The number of hydrogen-bond donors (Lipinski definition) is 1. The Hall–Kier alpha value is -3.07. The first-order chi connectivity index (χ1) is 14.0. The second-order valence-corrected chi connectivity index (χ2v) is 8.00. The molecule has 0 saturated carbocycles. The van der Waals surface area contributed by atoms with Gasteiger partial charge < -0.3 is 14.3 Å². The fourth-order valence-corrected chi connectivity index (χ4v) is 4.31. The summed E-state index contributed by atoms with van der Waals surface area (Å²) in [6.45, 7) is 6.36. The summed E-state index contributed by atoms with van der Waals surface area (Å²) in [5.41, 5.74) is 2.23. The van der Waals surface area contributed by atoms with Crippen molar-refractivity contribution in [3.63, 3.8) is 0 Å². The number of hydrogen-bond acceptors (Lipinski definition) is 6. The number of para-hydroxylation sites is 2. The lowest BCUT2D eigenvalue weighted by Crippen LogP contribution is -2.45. The summed E-state index contributed by atoms with van der Waals surface area (Å²) in [6.07, 6.45) is 1.62. The monoisotopic (exact) mass is 411 g/mol. The van der Waals surface area contributed by atoms with Crippen LogP contribution < -0.4 is 10.2 Å². The highest BCUT2D eigenvalue weighted by atomic mass is 32.2. The zero-order chi connectivity index (χ0) is 20.5. The molecule has 3 heterocycles. The first-order valence-corrected chi connectivity index (χ1v) is 10.2. The fourth-order valence-electron chi connectivity index (χ4n) is 3.33. The van der Waals surface area contributed by atoms with Crippen LogP contribution in [0.4, 0.5) is 11.4 Å². The van der Waals surface area contributed by atoms with Gasteiger partial charge in [0.15, 0.2) is 11.0 Å². The van der Waals surface area contributed by atoms with Gasteiger partial charge in [0.05, 0.1) is 28.5 Å². The Kier molecular flexibility index (Phi) is 5.14. The summed E-state index contributed by atoms with van der Waals surface area (Å²) < 4.78 is 7.34. The summed E-state index contributed by atoms with van der Waals surface area (Å²) in [7, 11) is 0. The average Bonchev–Trinajstić information content (AvgIpc) is 3.31. The van der Waals surface area contributed by atoms with Crippen molar-refractivity contribution in [2.45, 2.75) is 37.7 Å². The van der Waals surface area contributed by atoms with E-state index in [0.29, 0.717) is 28.9 Å². The number of carbonyl (C=O) groups excluding carboxylic acids is 2. The van der Waals surface area contributed by atoms with Crippen LogP contribution in [0.15, 0.2) is 46.2 Å². The highest BCUT2D eigenvalue weighted by molar-refractivity contribution is 8.00. The molecule has 150 valence electrons. The molecule has 0 saturated heterocycles. The van der Waals surface area contributed by atoms with Crippen molar-refractivity contribution in [1.82, 2.24) is 14.8 Å². The molecule has 1 atom stereocenters. The molecule has 1 aliphatic rings. The molecule has 1 aliphatic heterocycles. The summed E-state index contributed by atoms with van der Waals surface area (Å²) in [6, 6.07) is 9.16. The number of aryl methyl sites for hydroxylation is 1. The molecule has 2 amide bonds. The molecule has 0 unspecified atom stereocenters. The molecule has 0 fully saturated rings. The first-order valence-electron chi connectivity index (χ1n) is 9.34. The number of furan rings is 1. The van der Waals surface area contributed by atoms with Crippen molar-refractivity contribution < 1.29 is 14.0 Å². The van der Waals surface area contributed by atoms with Gasteiger partial charge in [0, 0.05) is 6.54 Å². The van der Waals surface area contributed by atoms with Gasteiger partial charge in [-0.1, -0.05) is 23.9 Å². The summed E-state index contributed by atoms with van der Waals surface area (Å²) >= 11 is 1.33. The Bertz CT molecular complexity index is 1070. The van der Waals surface area contributed by atoms with E-state index < -0.39 is 5.25 Å². The standard InChI is InChI=1S/C20H21N5O3S/c1-4-24-18(14-9-10-28-12(14)2)22-23-20(24)29-13(3)19(27)25-11-17(26)21-15-7-5-6-8-16(15)25/h5-10,13H,4,11H2,1-3H3,(H,21,26)/t13-/m0/s1. The van der Waals surface area contributed by atoms with Gasteiger partial charge in [-0.05, 0) is 39.0 Å². The number of benzene rings is 1. The summed E-state index contributed by atoms with van der Waals surface area (Å²) in [5.74, 6) is 1.12. The van der Waals surface area contributed by atoms with Crippen molar-refractivity contribution in [3.05, 3.63) is 42.4 Å². The van der Waals surface area contributed by atoms with E-state index >= 15 is 0 Å². The van der Waals surface area contributed by atoms with Crippen molar-refractivity contribution in [2.24, 2.45) is 0 Å². The van der Waals surface area contributed by atoms with Gasteiger partial charge in [-0.3, -0.25) is 14.5 Å². The third kappa shape index (κ3) is 3.53. The molecular weight excluding hydrogens is 390 g/mol. The molecule has 29 heavy (non-hydrogen) atoms. The van der Waals surface area contributed by atoms with Crippen LogP contribution in [0.3, 0.4) is 0 Å². The third-order valence-corrected chi connectivity index (χ3v) is 5.87. The number of nitrogens with one attached hydrogen (secondary N) is 1. The highest BCUT2D eigenvalue weighted by Crippen LogP contribution is 2.33. The largest absolute Gasteiger partial charge is 0.469 e. The van der Waals surface area contributed by atoms with Gasteiger partial charge in [-0.25, -0.2) is 0 Å². The molecular formula is C20H21N5O3S. The zero-order valence-electron chi connectivity index (χ0n) is 16.4. The third-order valence-electron chi connectivity index (χ3n) is 4.80. The Labute approximate surface area is 172 Å². The van der Waals surface area contributed by atoms with Gasteiger partial charge in [-0.2, -0.15) is 0 Å². The lowest BCUT2D eigenvalue weighted by molar-refractivity contribution is -0.121. The van der Waals surface area contributed by atoms with E-state index in [9.17, 15) is 9.59 Å². The SMILES string of the molecule is CCn1c(S[C@@H](C)C(=O)N2CC(=O)Nc3ccccc32)nnc1-c1ccoc1C. The number of aromatic nitrogens is 3. The van der Waals surface area contributed by atoms with Crippen LogP contribution in [-0.2, 0) is 16.1 Å². The number of fused-ring (bicyclic) bond motifs is 1. The molecule has 4 rings (SSSR count). The van der Waals surface area contributed by atoms with E-state index in [2.05, 4.69) is 15.5 Å². The minimum Gasteiger partial charge on any atom is -0.469 e. The molecule has 0 bridgehead atoms. The van der Waals surface area contributed by atoms with Crippen molar-refractivity contribution in [3.8, 4) is 11.4 Å². The number of thioether (sulfide) groups is 1. The average molecular weight is 411 g/mol. The first kappa shape index (κ1) is 19.3. The molecule has 9 heteroatoms. The van der Waals surface area contributed by atoms with E-state index in [-0.39, 0.29) is 18.4 Å². The second-order valence-electron chi connectivity index (χ2n) is 6.69. The molecule has 0 radical (unpaired) electrons. The summed E-state index contributed by atoms with van der Waals surface area (Å²) in [4.78, 5) is 26.7. The Morgan fingerprint density at radius 1 is 1.31 bits per heavy atom. The highest BCUT2D eigenvalue weighted by Gasteiger charge is 2.31. The van der Waals surface area contributed by atoms with Crippen molar-refractivity contribution in [1.29, 1.82) is 0 Å². The summed E-state index contributed by atoms with van der Waals surface area (Å²) in [5, 5.41) is 11.6. The van der Waals surface area contributed by atoms with Crippen molar-refractivity contribution in [2.75, 3.05) is 16.8 Å². The lowest BCUT2D eigenvalue weighted by atomic mass is 10.2. The number of amides is 2. The van der Waals surface area contributed by atoms with Crippen LogP contribution >= 0.6 is 11.8 Å². The van der Waals surface area contributed by atoms with E-state index in [1.54, 1.807) is 12.3 Å². The molecule has 3 aromatic rings. The number of rotatable bonds is 5. The minimum absolute atomic E-state index is 0.000674. The van der Waals surface area contributed by atoms with Crippen LogP contribution in [0.5, 0.6) is 0 Å². The predicted octanol–water partition coefficient (Wildman–Crippen LogP) is 3.33. The minimum atomic E-state index is -0.443. The Morgan fingerprint density at radius 3 is 2.83 bits per heavy atom. The normalized spacial score (nSPS) is 14.4. The number of anilines is 2. The number of nitrogens with zero attached hydrogens (tertiary/aromatic N) is 4. The predicted molar refractivity (Wildman–Crippen MR) is 111 cm³/mol. The second kappa shape index (κ2) is 7.75. The Balaban J connectivity index is 1.58. The van der Waals surface area contributed by atoms with E-state index in [4.69, 9.17) is 4.42 Å². The quantitative estimate of drug-likeness (QED) is 0.648. The van der Waals surface area contributed by atoms with E-state index in [1.807, 2.05) is 49.6 Å². The maximum atomic E-state index is 13.2. The van der Waals surface area contributed by atoms with Gasteiger partial charge in [-0.15, -0.1) is 10.2 Å². The van der Waals surface area contributed by atoms with Crippen LogP contribution in [0.1, 0.15) is 19.6 Å². The Morgan fingerprint density at radius 2 is 2.10 bits per heavy atom. The topological polar surface area (TPSA) is 93.3 Å². The van der Waals surface area contributed by atoms with E-state index in [1.165, 1.54) is 16.7 Å². The van der Waals surface area contributed by atoms with Crippen LogP contribution in [0.25, 0.3) is 11.4 Å². The van der Waals surface area contributed by atoms with E-state index in [0.717, 1.165) is 11.3 Å². The molecule has 1 N–H and O–H groups in total. The van der Waals surface area contributed by atoms with Gasteiger partial charge in [0.2, 0.25) is 11.8 Å². The zero-order valence-corrected chi connectivity index (χ0v) is 17.2. The maximum Gasteiger partial charge on any atom is 0.244 e. The van der Waals surface area contributed by atoms with Gasteiger partial charge in [0.25, 0.3) is 0 Å². The van der Waals surface area contributed by atoms with Gasteiger partial charge >= 0.3 is 0 Å². The smallest absolute Gasteiger partial charge is 0.244 e. The van der Waals surface area contributed by atoms with Crippen LogP contribution in [0, 0.1) is 6.92 Å². The lowest BCUT2D eigenvalue weighted by Gasteiger charge is -2.30. The van der Waals surface area contributed by atoms with Crippen LogP contribution in [-0.4, -0.2) is 38.4 Å². The molecule has 0 spiro atoms. The molecule has 1 aromatic carbocycles. The molecule has 8 nitrogen and oxygen atoms in total. The van der Waals surface area contributed by atoms with Crippen LogP contribution in [0.2, 0.25) is 0 Å². The molecule has 0 aliphatic carbocycles.